The van der Waals surface area contributed by atoms with Crippen LogP contribution in [0.3, 0.4) is 0 Å². The van der Waals surface area contributed by atoms with Crippen LogP contribution in [-0.2, 0) is 0 Å². The van der Waals surface area contributed by atoms with E-state index in [2.05, 4.69) is 20.3 Å². The third-order valence-corrected chi connectivity index (χ3v) is 4.98. The Hall–Kier alpha value is -3.06. The molecular formula is C20H20N4O3. The fraction of sp³-hybridized carbons (Fsp3) is 0.300. The number of nitrogens with one attached hydrogen (secondary N) is 1. The minimum Gasteiger partial charge on any atom is -0.495 e. The number of hydrogen-bond donors (Lipinski definition) is 2. The summed E-state index contributed by atoms with van der Waals surface area (Å²) in [6.45, 7) is 0. The fourth-order valence-corrected chi connectivity index (χ4v) is 3.49. The average molecular weight is 364 g/mol. The molecular weight excluding hydrogens is 344 g/mol. The maximum atomic E-state index is 13.0. The monoisotopic (exact) mass is 364 g/mol. The van der Waals surface area contributed by atoms with Gasteiger partial charge in [-0.2, -0.15) is 0 Å². The molecule has 1 aliphatic rings. The van der Waals surface area contributed by atoms with E-state index < -0.39 is 0 Å². The molecule has 0 aliphatic heterocycles. The number of para-hydroxylation sites is 1. The molecule has 2 N–H and O–H groups in total. The highest BCUT2D eigenvalue weighted by atomic mass is 16.5. The molecule has 4 rings (SSSR count). The number of amides is 1. The van der Waals surface area contributed by atoms with Gasteiger partial charge in [0.15, 0.2) is 0 Å². The van der Waals surface area contributed by atoms with E-state index in [4.69, 9.17) is 4.74 Å². The first-order valence-electron chi connectivity index (χ1n) is 8.83. The lowest BCUT2D eigenvalue weighted by molar-refractivity contribution is 0.0234. The summed E-state index contributed by atoms with van der Waals surface area (Å²) in [6, 6.07) is 6.95. The lowest BCUT2D eigenvalue weighted by Crippen LogP contribution is -2.41. The second-order valence-corrected chi connectivity index (χ2v) is 6.72. The van der Waals surface area contributed by atoms with E-state index in [0.29, 0.717) is 35.2 Å². The van der Waals surface area contributed by atoms with Crippen molar-refractivity contribution in [1.29, 1.82) is 0 Å². The van der Waals surface area contributed by atoms with E-state index in [1.54, 1.807) is 44.0 Å². The van der Waals surface area contributed by atoms with Gasteiger partial charge in [-0.25, -0.2) is 0 Å². The van der Waals surface area contributed by atoms with Gasteiger partial charge in [-0.15, -0.1) is 0 Å². The Morgan fingerprint density at radius 1 is 1.26 bits per heavy atom. The van der Waals surface area contributed by atoms with Crippen LogP contribution in [0.5, 0.6) is 5.75 Å². The Morgan fingerprint density at radius 3 is 2.85 bits per heavy atom. The largest absolute Gasteiger partial charge is 0.495 e. The molecule has 1 saturated carbocycles. The van der Waals surface area contributed by atoms with Crippen molar-refractivity contribution in [2.45, 2.75) is 25.0 Å². The summed E-state index contributed by atoms with van der Waals surface area (Å²) >= 11 is 0. The van der Waals surface area contributed by atoms with Crippen LogP contribution < -0.4 is 10.1 Å². The zero-order chi connectivity index (χ0) is 18.8. The standard InChI is InChI=1S/C20H20N4O3/c1-27-15-9-13(10-21-11-15)18(12-7-14(25)8-12)24-20(26)16-3-2-4-17-19(16)23-6-5-22-17/h2-6,9-12,14,18,25H,7-8H2,1H3,(H,24,26)/t12?,14?,18-/m1/s1. The summed E-state index contributed by atoms with van der Waals surface area (Å²) in [6.07, 6.45) is 7.47. The SMILES string of the molecule is COc1cncc([C@H](NC(=O)c2cccc3nccnc23)C2CC(O)C2)c1. The molecule has 0 spiro atoms. The molecule has 1 aliphatic carbocycles. The van der Waals surface area contributed by atoms with Crippen molar-refractivity contribution < 1.29 is 14.6 Å². The summed E-state index contributed by atoms with van der Waals surface area (Å²) in [5.74, 6) is 0.539. The van der Waals surface area contributed by atoms with E-state index in [1.807, 2.05) is 12.1 Å². The molecule has 0 unspecified atom stereocenters. The van der Waals surface area contributed by atoms with Crippen LogP contribution in [0.1, 0.15) is 34.8 Å². The Balaban J connectivity index is 1.65. The molecule has 1 aromatic carbocycles. The van der Waals surface area contributed by atoms with Crippen LogP contribution >= 0.6 is 0 Å². The molecule has 2 aromatic heterocycles. The van der Waals surface area contributed by atoms with E-state index in [-0.39, 0.29) is 24.0 Å². The van der Waals surface area contributed by atoms with Gasteiger partial charge in [0, 0.05) is 18.6 Å². The summed E-state index contributed by atoms with van der Waals surface area (Å²) in [5.41, 5.74) is 2.56. The summed E-state index contributed by atoms with van der Waals surface area (Å²) in [7, 11) is 1.58. The van der Waals surface area contributed by atoms with Gasteiger partial charge in [-0.1, -0.05) is 6.07 Å². The molecule has 1 fully saturated rings. The van der Waals surface area contributed by atoms with Gasteiger partial charge in [-0.3, -0.25) is 19.7 Å². The van der Waals surface area contributed by atoms with Crippen LogP contribution in [0.2, 0.25) is 0 Å². The van der Waals surface area contributed by atoms with Crippen molar-refractivity contribution >= 4 is 16.9 Å². The minimum atomic E-state index is -0.323. The van der Waals surface area contributed by atoms with Crippen molar-refractivity contribution in [3.8, 4) is 5.75 Å². The van der Waals surface area contributed by atoms with Crippen LogP contribution in [0.15, 0.2) is 49.1 Å². The Bertz CT molecular complexity index is 967. The van der Waals surface area contributed by atoms with Gasteiger partial charge in [0.1, 0.15) is 11.3 Å². The quantitative estimate of drug-likeness (QED) is 0.721. The fourth-order valence-electron chi connectivity index (χ4n) is 3.49. The van der Waals surface area contributed by atoms with Gasteiger partial charge in [-0.05, 0) is 42.5 Å². The summed E-state index contributed by atoms with van der Waals surface area (Å²) in [5, 5.41) is 12.8. The number of aliphatic hydroxyl groups is 1. The van der Waals surface area contributed by atoms with Gasteiger partial charge in [0.25, 0.3) is 5.91 Å². The van der Waals surface area contributed by atoms with Crippen LogP contribution in [0, 0.1) is 5.92 Å². The predicted molar refractivity (Wildman–Crippen MR) is 99.3 cm³/mol. The number of ether oxygens (including phenoxy) is 1. The highest BCUT2D eigenvalue weighted by Gasteiger charge is 2.36. The molecule has 1 atom stereocenters. The molecule has 2 heterocycles. The van der Waals surface area contributed by atoms with Crippen LogP contribution in [0.25, 0.3) is 11.0 Å². The van der Waals surface area contributed by atoms with Crippen LogP contribution in [-0.4, -0.2) is 39.2 Å². The number of carbonyl (C=O) groups is 1. The topological polar surface area (TPSA) is 97.2 Å². The molecule has 1 amide bonds. The first kappa shape index (κ1) is 17.4. The van der Waals surface area contributed by atoms with Crippen molar-refractivity contribution in [2.75, 3.05) is 7.11 Å². The minimum absolute atomic E-state index is 0.138. The molecule has 7 nitrogen and oxygen atoms in total. The Morgan fingerprint density at radius 2 is 2.07 bits per heavy atom. The molecule has 7 heteroatoms. The zero-order valence-corrected chi connectivity index (χ0v) is 14.9. The summed E-state index contributed by atoms with van der Waals surface area (Å²) in [4.78, 5) is 25.8. The number of rotatable bonds is 5. The van der Waals surface area contributed by atoms with Gasteiger partial charge in [0.05, 0.1) is 36.5 Å². The second kappa shape index (κ2) is 7.28. The maximum Gasteiger partial charge on any atom is 0.254 e. The van der Waals surface area contributed by atoms with E-state index in [1.165, 1.54) is 0 Å². The molecule has 138 valence electrons. The summed E-state index contributed by atoms with van der Waals surface area (Å²) < 4.78 is 5.26. The Labute approximate surface area is 156 Å². The normalized spacial score (nSPS) is 19.9. The third kappa shape index (κ3) is 3.46. The maximum absolute atomic E-state index is 13.0. The number of aromatic nitrogens is 3. The van der Waals surface area contributed by atoms with E-state index >= 15 is 0 Å². The van der Waals surface area contributed by atoms with Gasteiger partial charge < -0.3 is 15.2 Å². The molecule has 27 heavy (non-hydrogen) atoms. The molecule has 0 saturated heterocycles. The number of hydrogen-bond acceptors (Lipinski definition) is 6. The number of pyridine rings is 1. The molecule has 3 aromatic rings. The van der Waals surface area contributed by atoms with Crippen LogP contribution in [0.4, 0.5) is 0 Å². The van der Waals surface area contributed by atoms with Crippen molar-refractivity contribution in [2.24, 2.45) is 5.92 Å². The number of methoxy groups -OCH3 is 1. The van der Waals surface area contributed by atoms with E-state index in [9.17, 15) is 9.90 Å². The zero-order valence-electron chi connectivity index (χ0n) is 14.9. The smallest absolute Gasteiger partial charge is 0.254 e. The number of aliphatic hydroxyl groups excluding tert-OH is 1. The van der Waals surface area contributed by atoms with Gasteiger partial charge in [0.2, 0.25) is 0 Å². The Kier molecular flexibility index (Phi) is 4.68. The highest BCUT2D eigenvalue weighted by molar-refractivity contribution is 6.04. The second-order valence-electron chi connectivity index (χ2n) is 6.72. The molecule has 0 radical (unpaired) electrons. The number of nitrogens with zero attached hydrogens (tertiary/aromatic N) is 3. The van der Waals surface area contributed by atoms with Crippen molar-refractivity contribution in [3.63, 3.8) is 0 Å². The number of fused-ring (bicyclic) bond motifs is 1. The van der Waals surface area contributed by atoms with Crippen molar-refractivity contribution in [1.82, 2.24) is 20.3 Å². The third-order valence-electron chi connectivity index (χ3n) is 4.98. The highest BCUT2D eigenvalue weighted by Crippen LogP contribution is 2.38. The predicted octanol–water partition coefficient (Wildman–Crippen LogP) is 2.28. The van der Waals surface area contributed by atoms with Crippen molar-refractivity contribution in [3.05, 3.63) is 60.2 Å². The first-order valence-corrected chi connectivity index (χ1v) is 8.83. The first-order chi connectivity index (χ1) is 13.2. The molecule has 0 bridgehead atoms. The lowest BCUT2D eigenvalue weighted by Gasteiger charge is -2.38. The van der Waals surface area contributed by atoms with Gasteiger partial charge >= 0.3 is 0 Å². The lowest BCUT2D eigenvalue weighted by atomic mass is 9.75. The van der Waals surface area contributed by atoms with E-state index in [0.717, 1.165) is 5.56 Å². The number of carbonyl (C=O) groups excluding carboxylic acids is 1. The number of benzene rings is 1. The average Bonchev–Trinajstić information content (AvgIpc) is 2.69.